The van der Waals surface area contributed by atoms with Gasteiger partial charge in [-0.2, -0.15) is 4.31 Å². The van der Waals surface area contributed by atoms with Gasteiger partial charge in [-0.3, -0.25) is 4.79 Å². The Morgan fingerprint density at radius 1 is 1.10 bits per heavy atom. The molecule has 2 N–H and O–H groups in total. The van der Waals surface area contributed by atoms with Gasteiger partial charge in [-0.15, -0.1) is 11.8 Å². The minimum atomic E-state index is -3.91. The number of nitrogens with one attached hydrogen (secondary N) is 1. The average Bonchev–Trinajstić information content (AvgIpc) is 3.08. The number of benzene rings is 2. The number of hydrogen-bond donors (Lipinski definition) is 2. The van der Waals surface area contributed by atoms with Crippen LogP contribution in [0.5, 0.6) is 0 Å². The Bertz CT molecular complexity index is 1150. The molecule has 0 aromatic heterocycles. The monoisotopic (exact) mass is 481 g/mol. The van der Waals surface area contributed by atoms with E-state index in [1.54, 1.807) is 53.1 Å². The number of piperidine rings is 1. The molecule has 2 aromatic carbocycles. The van der Waals surface area contributed by atoms with Crippen molar-refractivity contribution in [1.29, 1.82) is 0 Å². The lowest BCUT2D eigenvalue weighted by atomic mass is 9.95. The third-order valence-corrected chi connectivity index (χ3v) is 10.4. The van der Waals surface area contributed by atoms with E-state index in [2.05, 4.69) is 5.32 Å². The Balaban J connectivity index is 1.48. The normalized spacial score (nSPS) is 26.5. The Kier molecular flexibility index (Phi) is 5.27. The topological polar surface area (TPSA) is 90.0 Å². The number of aliphatic hydroxyl groups is 1. The van der Waals surface area contributed by atoms with E-state index >= 15 is 0 Å². The van der Waals surface area contributed by atoms with E-state index < -0.39 is 14.9 Å². The number of amides is 1. The second-order valence-electron chi connectivity index (χ2n) is 8.55. The van der Waals surface area contributed by atoms with Crippen LogP contribution in [-0.2, 0) is 14.8 Å². The highest BCUT2D eigenvalue weighted by Crippen LogP contribution is 2.53. The minimum absolute atomic E-state index is 0.0794. The third kappa shape index (κ3) is 3.55. The maximum absolute atomic E-state index is 13.5. The first-order valence-electron chi connectivity index (χ1n) is 10.3. The van der Waals surface area contributed by atoms with E-state index in [1.165, 1.54) is 4.31 Å². The van der Waals surface area contributed by atoms with Gasteiger partial charge in [0.05, 0.1) is 18.0 Å². The number of halogens is 1. The first-order chi connectivity index (χ1) is 14.8. The number of rotatable bonds is 3. The molecule has 0 saturated carbocycles. The number of fused-ring (bicyclic) bond motifs is 2. The van der Waals surface area contributed by atoms with Gasteiger partial charge in [0.2, 0.25) is 15.9 Å². The molecule has 3 fully saturated rings. The van der Waals surface area contributed by atoms with Gasteiger partial charge in [0.1, 0.15) is 4.87 Å². The molecule has 1 atom stereocenters. The molecule has 0 aliphatic carbocycles. The van der Waals surface area contributed by atoms with Crippen molar-refractivity contribution in [3.05, 3.63) is 41.4 Å². The van der Waals surface area contributed by atoms with Crippen LogP contribution in [0.25, 0.3) is 10.8 Å². The van der Waals surface area contributed by atoms with Crippen LogP contribution in [0.15, 0.2) is 41.3 Å². The zero-order valence-corrected chi connectivity index (χ0v) is 19.3. The van der Waals surface area contributed by atoms with Crippen molar-refractivity contribution in [3.8, 4) is 0 Å². The van der Waals surface area contributed by atoms with Gasteiger partial charge in [-0.05, 0) is 61.0 Å². The van der Waals surface area contributed by atoms with Gasteiger partial charge in [-0.25, -0.2) is 8.42 Å². The van der Waals surface area contributed by atoms with E-state index in [1.807, 2.05) is 0 Å². The summed E-state index contributed by atoms with van der Waals surface area (Å²) in [6.07, 6.45) is 1.78. The molecule has 10 heteroatoms. The quantitative estimate of drug-likeness (QED) is 0.695. The highest BCUT2D eigenvalue weighted by Gasteiger charge is 2.59. The average molecular weight is 482 g/mol. The van der Waals surface area contributed by atoms with Crippen molar-refractivity contribution in [3.63, 3.8) is 0 Å². The molecule has 3 aliphatic rings. The van der Waals surface area contributed by atoms with Crippen LogP contribution in [0, 0.1) is 0 Å². The summed E-state index contributed by atoms with van der Waals surface area (Å²) in [6.45, 7) is 1.87. The lowest BCUT2D eigenvalue weighted by molar-refractivity contribution is -0.139. The van der Waals surface area contributed by atoms with Crippen molar-refractivity contribution >= 4 is 50.1 Å². The maximum Gasteiger partial charge on any atom is 0.243 e. The van der Waals surface area contributed by atoms with Crippen LogP contribution in [0.4, 0.5) is 0 Å². The molecule has 7 nitrogen and oxygen atoms in total. The van der Waals surface area contributed by atoms with Crippen molar-refractivity contribution in [2.24, 2.45) is 0 Å². The number of hydrogen-bond acceptors (Lipinski definition) is 6. The van der Waals surface area contributed by atoms with Crippen LogP contribution in [-0.4, -0.2) is 77.6 Å². The maximum atomic E-state index is 13.5. The number of thioether (sulfide) groups is 1. The first kappa shape index (κ1) is 21.5. The van der Waals surface area contributed by atoms with Gasteiger partial charge in [0.15, 0.2) is 0 Å². The summed E-state index contributed by atoms with van der Waals surface area (Å²) < 4.78 is 28.1. The summed E-state index contributed by atoms with van der Waals surface area (Å²) in [5.74, 6) is -0.251. The number of piperazine rings is 1. The van der Waals surface area contributed by atoms with E-state index in [0.717, 1.165) is 36.7 Å². The number of carbonyl (C=O) groups is 1. The summed E-state index contributed by atoms with van der Waals surface area (Å²) >= 11 is 7.61. The van der Waals surface area contributed by atoms with Gasteiger partial charge in [0, 0.05) is 22.9 Å². The number of sulfonamides is 1. The van der Waals surface area contributed by atoms with Crippen molar-refractivity contribution in [2.75, 3.05) is 39.3 Å². The lowest BCUT2D eigenvalue weighted by Gasteiger charge is -2.44. The van der Waals surface area contributed by atoms with Gasteiger partial charge in [0.25, 0.3) is 0 Å². The van der Waals surface area contributed by atoms with Crippen LogP contribution in [0.1, 0.15) is 12.8 Å². The molecular weight excluding hydrogens is 458 g/mol. The minimum Gasteiger partial charge on any atom is -0.393 e. The molecule has 1 spiro atoms. The van der Waals surface area contributed by atoms with Crippen LogP contribution in [0.2, 0.25) is 5.02 Å². The fourth-order valence-corrected chi connectivity index (χ4v) is 8.62. The fraction of sp³-hybridized carbons (Fsp3) is 0.476. The van der Waals surface area contributed by atoms with Crippen LogP contribution >= 0.6 is 23.4 Å². The molecule has 5 rings (SSSR count). The number of nitrogens with zero attached hydrogens (tertiary/aromatic N) is 2. The lowest BCUT2D eigenvalue weighted by Crippen LogP contribution is -2.63. The smallest absolute Gasteiger partial charge is 0.243 e. The molecule has 1 amide bonds. The second-order valence-corrected chi connectivity index (χ2v) is 12.8. The number of aliphatic hydroxyl groups excluding tert-OH is 1. The van der Waals surface area contributed by atoms with E-state index in [4.69, 9.17) is 11.6 Å². The summed E-state index contributed by atoms with van der Waals surface area (Å²) in [7, 11) is -3.91. The highest BCUT2D eigenvalue weighted by molar-refractivity contribution is 8.02. The van der Waals surface area contributed by atoms with Crippen molar-refractivity contribution in [1.82, 2.24) is 14.5 Å². The SMILES string of the molecule is O=C1CN(S(=O)(=O)c2ccc3cc(Cl)ccc3c2)CC2(CO)SC3(CCNCC3)CN12. The molecule has 1 unspecified atom stereocenters. The van der Waals surface area contributed by atoms with E-state index in [-0.39, 0.29) is 35.2 Å². The molecule has 3 saturated heterocycles. The van der Waals surface area contributed by atoms with Crippen molar-refractivity contribution in [2.45, 2.75) is 27.4 Å². The summed E-state index contributed by atoms with van der Waals surface area (Å²) in [5, 5.41) is 15.9. The standard InChI is InChI=1S/C21H24ClN3O4S2/c22-17-3-1-16-10-18(4-2-15(16)9-17)31(28,29)24-11-19(27)25-12-20(5-7-23-8-6-20)30-21(25,13-24)14-26/h1-4,9-10,23,26H,5-8,11-14H2. The Morgan fingerprint density at radius 2 is 1.81 bits per heavy atom. The van der Waals surface area contributed by atoms with Gasteiger partial charge in [-0.1, -0.05) is 23.7 Å². The predicted octanol–water partition coefficient (Wildman–Crippen LogP) is 1.88. The fourth-order valence-electron chi connectivity index (χ4n) is 4.91. The van der Waals surface area contributed by atoms with Gasteiger partial charge < -0.3 is 15.3 Å². The van der Waals surface area contributed by atoms with E-state index in [0.29, 0.717) is 11.6 Å². The zero-order chi connectivity index (χ0) is 21.9. The van der Waals surface area contributed by atoms with Crippen LogP contribution in [0.3, 0.4) is 0 Å². The van der Waals surface area contributed by atoms with Crippen molar-refractivity contribution < 1.29 is 18.3 Å². The predicted molar refractivity (Wildman–Crippen MR) is 122 cm³/mol. The summed E-state index contributed by atoms with van der Waals surface area (Å²) in [5.41, 5.74) is 0. The molecule has 0 bridgehead atoms. The highest BCUT2D eigenvalue weighted by atomic mass is 35.5. The molecular formula is C21H24ClN3O4S2. The first-order valence-corrected chi connectivity index (χ1v) is 12.9. The Morgan fingerprint density at radius 3 is 2.55 bits per heavy atom. The third-order valence-electron chi connectivity index (χ3n) is 6.55. The van der Waals surface area contributed by atoms with Gasteiger partial charge >= 0.3 is 0 Å². The van der Waals surface area contributed by atoms with Crippen LogP contribution < -0.4 is 5.32 Å². The molecule has 3 aliphatic heterocycles. The Hall–Kier alpha value is -1.36. The molecule has 166 valence electrons. The molecule has 2 aromatic rings. The second kappa shape index (κ2) is 7.60. The Labute approximate surface area is 190 Å². The molecule has 31 heavy (non-hydrogen) atoms. The summed E-state index contributed by atoms with van der Waals surface area (Å²) in [4.78, 5) is 14.0. The number of carbonyl (C=O) groups excluding carboxylic acids is 1. The zero-order valence-electron chi connectivity index (χ0n) is 16.9. The van der Waals surface area contributed by atoms with E-state index in [9.17, 15) is 18.3 Å². The molecule has 0 radical (unpaired) electrons. The largest absolute Gasteiger partial charge is 0.393 e. The molecule has 3 heterocycles. The summed E-state index contributed by atoms with van der Waals surface area (Å²) in [6, 6.07) is 10.2.